The van der Waals surface area contributed by atoms with E-state index in [1.54, 1.807) is 6.33 Å². The Kier molecular flexibility index (Phi) is 2.52. The van der Waals surface area contributed by atoms with E-state index in [-0.39, 0.29) is 11.8 Å². The van der Waals surface area contributed by atoms with Gasteiger partial charge in [0.05, 0.1) is 6.33 Å². The molecule has 1 aromatic heterocycles. The van der Waals surface area contributed by atoms with Gasteiger partial charge in [0.25, 0.3) is 0 Å². The standard InChI is InChI=1S/C10H15N3O/c1-2-13-6-9(11-7-13)12-10(14)8-4-3-5-8/h6-8H,2-5H2,1H3,(H,12,14). The van der Waals surface area contributed by atoms with Crippen LogP contribution in [0.5, 0.6) is 0 Å². The molecule has 0 bridgehead atoms. The molecule has 0 spiro atoms. The molecule has 1 saturated carbocycles. The molecule has 1 N–H and O–H groups in total. The summed E-state index contributed by atoms with van der Waals surface area (Å²) in [4.78, 5) is 15.6. The number of nitrogens with one attached hydrogen (secondary N) is 1. The highest BCUT2D eigenvalue weighted by Gasteiger charge is 2.25. The molecule has 1 fully saturated rings. The minimum Gasteiger partial charge on any atom is -0.336 e. The topological polar surface area (TPSA) is 46.9 Å². The number of aryl methyl sites for hydroxylation is 1. The Morgan fingerprint density at radius 2 is 2.50 bits per heavy atom. The SMILES string of the molecule is CCn1cnc(NC(=O)C2CCC2)c1. The van der Waals surface area contributed by atoms with Gasteiger partial charge in [0.15, 0.2) is 5.82 Å². The van der Waals surface area contributed by atoms with E-state index >= 15 is 0 Å². The summed E-state index contributed by atoms with van der Waals surface area (Å²) in [6.45, 7) is 2.92. The Labute approximate surface area is 83.3 Å². The first-order valence-corrected chi connectivity index (χ1v) is 5.12. The van der Waals surface area contributed by atoms with Crippen molar-refractivity contribution in [1.29, 1.82) is 0 Å². The number of aromatic nitrogens is 2. The van der Waals surface area contributed by atoms with Crippen molar-refractivity contribution in [3.8, 4) is 0 Å². The molecular formula is C10H15N3O. The van der Waals surface area contributed by atoms with E-state index in [4.69, 9.17) is 0 Å². The Bertz CT molecular complexity index is 328. The molecule has 4 heteroatoms. The van der Waals surface area contributed by atoms with Gasteiger partial charge in [0.2, 0.25) is 5.91 Å². The van der Waals surface area contributed by atoms with E-state index in [0.717, 1.165) is 19.4 Å². The van der Waals surface area contributed by atoms with Crippen molar-refractivity contribution >= 4 is 11.7 Å². The van der Waals surface area contributed by atoms with Crippen LogP contribution in [0.2, 0.25) is 0 Å². The normalized spacial score (nSPS) is 16.4. The summed E-state index contributed by atoms with van der Waals surface area (Å²) in [5.41, 5.74) is 0. The summed E-state index contributed by atoms with van der Waals surface area (Å²) in [6.07, 6.45) is 6.83. The second-order valence-corrected chi connectivity index (χ2v) is 3.71. The molecule has 1 aromatic rings. The molecule has 2 rings (SSSR count). The maximum atomic E-state index is 11.5. The van der Waals surface area contributed by atoms with Crippen LogP contribution in [0.1, 0.15) is 26.2 Å². The van der Waals surface area contributed by atoms with Gasteiger partial charge in [0.1, 0.15) is 0 Å². The Hall–Kier alpha value is -1.32. The second-order valence-electron chi connectivity index (χ2n) is 3.71. The van der Waals surface area contributed by atoms with Gasteiger partial charge < -0.3 is 9.88 Å². The Morgan fingerprint density at radius 1 is 1.71 bits per heavy atom. The summed E-state index contributed by atoms with van der Waals surface area (Å²) in [5.74, 6) is 1.02. The van der Waals surface area contributed by atoms with Gasteiger partial charge in [-0.25, -0.2) is 4.98 Å². The van der Waals surface area contributed by atoms with Crippen molar-refractivity contribution in [3.05, 3.63) is 12.5 Å². The largest absolute Gasteiger partial charge is 0.336 e. The van der Waals surface area contributed by atoms with Gasteiger partial charge in [-0.1, -0.05) is 6.42 Å². The summed E-state index contributed by atoms with van der Waals surface area (Å²) < 4.78 is 1.94. The summed E-state index contributed by atoms with van der Waals surface area (Å²) in [7, 11) is 0. The van der Waals surface area contributed by atoms with Gasteiger partial charge in [-0.2, -0.15) is 0 Å². The van der Waals surface area contributed by atoms with E-state index in [9.17, 15) is 4.79 Å². The molecule has 0 unspecified atom stereocenters. The smallest absolute Gasteiger partial charge is 0.228 e. The number of imidazole rings is 1. The number of nitrogens with zero attached hydrogens (tertiary/aromatic N) is 2. The lowest BCUT2D eigenvalue weighted by Gasteiger charge is -2.23. The molecule has 0 atom stereocenters. The maximum Gasteiger partial charge on any atom is 0.228 e. The van der Waals surface area contributed by atoms with Crippen LogP contribution in [-0.4, -0.2) is 15.5 Å². The fraction of sp³-hybridized carbons (Fsp3) is 0.600. The highest BCUT2D eigenvalue weighted by atomic mass is 16.2. The number of anilines is 1. The third kappa shape index (κ3) is 1.78. The van der Waals surface area contributed by atoms with Crippen molar-refractivity contribution in [1.82, 2.24) is 9.55 Å². The van der Waals surface area contributed by atoms with Crippen LogP contribution in [0.4, 0.5) is 5.82 Å². The first-order valence-electron chi connectivity index (χ1n) is 5.12. The fourth-order valence-electron chi connectivity index (χ4n) is 1.50. The highest BCUT2D eigenvalue weighted by Crippen LogP contribution is 2.27. The third-order valence-corrected chi connectivity index (χ3v) is 2.73. The van der Waals surface area contributed by atoms with Crippen molar-refractivity contribution < 1.29 is 4.79 Å². The van der Waals surface area contributed by atoms with Crippen LogP contribution in [-0.2, 0) is 11.3 Å². The van der Waals surface area contributed by atoms with Crippen LogP contribution < -0.4 is 5.32 Å². The minimum atomic E-state index is 0.123. The molecule has 1 aliphatic rings. The van der Waals surface area contributed by atoms with Gasteiger partial charge in [0, 0.05) is 18.7 Å². The van der Waals surface area contributed by atoms with Crippen molar-refractivity contribution in [3.63, 3.8) is 0 Å². The summed E-state index contributed by atoms with van der Waals surface area (Å²) in [6, 6.07) is 0. The minimum absolute atomic E-state index is 0.123. The first-order chi connectivity index (χ1) is 6.79. The van der Waals surface area contributed by atoms with E-state index in [2.05, 4.69) is 10.3 Å². The molecule has 14 heavy (non-hydrogen) atoms. The number of hydrogen-bond acceptors (Lipinski definition) is 2. The van der Waals surface area contributed by atoms with Crippen molar-refractivity contribution in [2.24, 2.45) is 5.92 Å². The average molecular weight is 193 g/mol. The molecule has 0 saturated heterocycles. The van der Waals surface area contributed by atoms with Crippen LogP contribution >= 0.6 is 0 Å². The Balaban J connectivity index is 1.92. The zero-order chi connectivity index (χ0) is 9.97. The van der Waals surface area contributed by atoms with E-state index in [0.29, 0.717) is 5.82 Å². The van der Waals surface area contributed by atoms with Gasteiger partial charge in [-0.05, 0) is 19.8 Å². The fourth-order valence-corrected chi connectivity index (χ4v) is 1.50. The molecule has 0 aliphatic heterocycles. The molecule has 76 valence electrons. The molecule has 1 amide bonds. The van der Waals surface area contributed by atoms with Crippen LogP contribution in [0, 0.1) is 5.92 Å². The zero-order valence-corrected chi connectivity index (χ0v) is 8.36. The molecule has 1 heterocycles. The number of carbonyl (C=O) groups is 1. The number of rotatable bonds is 3. The quantitative estimate of drug-likeness (QED) is 0.793. The first kappa shape index (κ1) is 9.24. The predicted molar refractivity (Wildman–Crippen MR) is 53.9 cm³/mol. The highest BCUT2D eigenvalue weighted by molar-refractivity contribution is 5.92. The molecule has 1 aliphatic carbocycles. The Morgan fingerprint density at radius 3 is 3.00 bits per heavy atom. The van der Waals surface area contributed by atoms with Crippen molar-refractivity contribution in [2.75, 3.05) is 5.32 Å². The van der Waals surface area contributed by atoms with E-state index in [1.165, 1.54) is 6.42 Å². The lowest BCUT2D eigenvalue weighted by molar-refractivity contribution is -0.122. The van der Waals surface area contributed by atoms with Crippen molar-refractivity contribution in [2.45, 2.75) is 32.7 Å². The third-order valence-electron chi connectivity index (χ3n) is 2.73. The zero-order valence-electron chi connectivity index (χ0n) is 8.36. The maximum absolute atomic E-state index is 11.5. The number of hydrogen-bond donors (Lipinski definition) is 1. The summed E-state index contributed by atoms with van der Waals surface area (Å²) in [5, 5.41) is 2.83. The predicted octanol–water partition coefficient (Wildman–Crippen LogP) is 1.64. The lowest BCUT2D eigenvalue weighted by atomic mass is 9.85. The monoisotopic (exact) mass is 193 g/mol. The van der Waals surface area contributed by atoms with Crippen LogP contribution in [0.25, 0.3) is 0 Å². The van der Waals surface area contributed by atoms with E-state index < -0.39 is 0 Å². The lowest BCUT2D eigenvalue weighted by Crippen LogP contribution is -2.28. The van der Waals surface area contributed by atoms with Gasteiger partial charge in [-0.15, -0.1) is 0 Å². The average Bonchev–Trinajstić information content (AvgIpc) is 2.48. The molecular weight excluding hydrogens is 178 g/mol. The molecule has 4 nitrogen and oxygen atoms in total. The summed E-state index contributed by atoms with van der Waals surface area (Å²) >= 11 is 0. The van der Waals surface area contributed by atoms with Crippen LogP contribution in [0.3, 0.4) is 0 Å². The van der Waals surface area contributed by atoms with Gasteiger partial charge in [-0.3, -0.25) is 4.79 Å². The number of amides is 1. The van der Waals surface area contributed by atoms with E-state index in [1.807, 2.05) is 17.7 Å². The number of carbonyl (C=O) groups excluding carboxylic acids is 1. The van der Waals surface area contributed by atoms with Gasteiger partial charge >= 0.3 is 0 Å². The van der Waals surface area contributed by atoms with Crippen LogP contribution in [0.15, 0.2) is 12.5 Å². The second kappa shape index (κ2) is 3.82. The molecule has 0 radical (unpaired) electrons. The molecule has 0 aromatic carbocycles.